The molecule has 0 saturated heterocycles. The third-order valence-corrected chi connectivity index (χ3v) is 5.80. The number of unbranched alkanes of at least 4 members (excludes halogenated alkanes) is 6. The molecule has 1 N–H and O–H groups in total. The lowest BCUT2D eigenvalue weighted by Crippen LogP contribution is -2.26. The summed E-state index contributed by atoms with van der Waals surface area (Å²) in [5.74, 6) is 0.886. The van der Waals surface area contributed by atoms with Crippen molar-refractivity contribution in [3.63, 3.8) is 0 Å². The lowest BCUT2D eigenvalue weighted by molar-refractivity contribution is 0.0954. The van der Waals surface area contributed by atoms with E-state index in [-0.39, 0.29) is 5.91 Å². The Hall–Kier alpha value is -2.33. The van der Waals surface area contributed by atoms with Gasteiger partial charge in [-0.1, -0.05) is 81.3 Å². The van der Waals surface area contributed by atoms with E-state index in [9.17, 15) is 4.79 Å². The zero-order chi connectivity index (χ0) is 21.2. The number of rotatable bonds is 12. The molecule has 0 fully saturated rings. The molecule has 0 atom stereocenters. The van der Waals surface area contributed by atoms with Gasteiger partial charge in [0.15, 0.2) is 0 Å². The van der Waals surface area contributed by atoms with Crippen molar-refractivity contribution in [2.24, 2.45) is 0 Å². The van der Waals surface area contributed by atoms with Crippen LogP contribution in [0.1, 0.15) is 68.1 Å². The minimum absolute atomic E-state index is 0.143. The number of hydrogen-bond acceptors (Lipinski definition) is 2. The van der Waals surface area contributed by atoms with E-state index in [1.807, 2.05) is 18.2 Å². The average molecular weight is 426 g/mol. The second kappa shape index (κ2) is 11.8. The van der Waals surface area contributed by atoms with E-state index in [2.05, 4.69) is 35.0 Å². The number of aryl methyl sites for hydroxylation is 1. The van der Waals surface area contributed by atoms with Gasteiger partial charge in [0.2, 0.25) is 0 Å². The molecular weight excluding hydrogens is 394 g/mol. The first-order valence-electron chi connectivity index (χ1n) is 11.2. The molecule has 160 valence electrons. The van der Waals surface area contributed by atoms with Crippen LogP contribution in [-0.4, -0.2) is 22.0 Å². The highest BCUT2D eigenvalue weighted by Crippen LogP contribution is 2.19. The van der Waals surface area contributed by atoms with E-state index >= 15 is 0 Å². The fraction of sp³-hybridized carbons (Fsp3) is 0.440. The summed E-state index contributed by atoms with van der Waals surface area (Å²) in [6.45, 7) is 3.76. The molecule has 2 aromatic carbocycles. The van der Waals surface area contributed by atoms with Crippen LogP contribution in [0.25, 0.3) is 11.0 Å². The highest BCUT2D eigenvalue weighted by atomic mass is 35.5. The van der Waals surface area contributed by atoms with Crippen molar-refractivity contribution in [2.45, 2.75) is 64.8 Å². The van der Waals surface area contributed by atoms with Crippen molar-refractivity contribution in [1.82, 2.24) is 14.9 Å². The Labute approximate surface area is 184 Å². The molecule has 0 aliphatic heterocycles. The second-order valence-electron chi connectivity index (χ2n) is 7.78. The largest absolute Gasteiger partial charge is 0.352 e. The van der Waals surface area contributed by atoms with Crippen LogP contribution in [-0.2, 0) is 13.0 Å². The van der Waals surface area contributed by atoms with Crippen LogP contribution in [0.15, 0.2) is 48.5 Å². The molecule has 0 radical (unpaired) electrons. The van der Waals surface area contributed by atoms with Gasteiger partial charge in [0.25, 0.3) is 5.91 Å². The Balaban J connectivity index is 1.57. The summed E-state index contributed by atoms with van der Waals surface area (Å²) >= 11 is 6.13. The second-order valence-corrected chi connectivity index (χ2v) is 8.18. The van der Waals surface area contributed by atoms with E-state index in [1.54, 1.807) is 12.1 Å². The Morgan fingerprint density at radius 2 is 1.67 bits per heavy atom. The topological polar surface area (TPSA) is 46.9 Å². The van der Waals surface area contributed by atoms with Gasteiger partial charge in [0.1, 0.15) is 5.82 Å². The van der Waals surface area contributed by atoms with Crippen molar-refractivity contribution < 1.29 is 4.79 Å². The van der Waals surface area contributed by atoms with E-state index in [0.717, 1.165) is 24.3 Å². The Morgan fingerprint density at radius 1 is 0.967 bits per heavy atom. The van der Waals surface area contributed by atoms with Crippen LogP contribution in [0, 0.1) is 0 Å². The third kappa shape index (κ3) is 6.09. The molecule has 4 nitrogen and oxygen atoms in total. The minimum atomic E-state index is -0.143. The van der Waals surface area contributed by atoms with Crippen LogP contribution in [0.5, 0.6) is 0 Å². The van der Waals surface area contributed by atoms with E-state index in [0.29, 0.717) is 23.6 Å². The predicted molar refractivity (Wildman–Crippen MR) is 125 cm³/mol. The number of fused-ring (bicyclic) bond motifs is 1. The molecule has 0 unspecified atom stereocenters. The molecule has 30 heavy (non-hydrogen) atoms. The Morgan fingerprint density at radius 3 is 2.47 bits per heavy atom. The number of carbonyl (C=O) groups excluding carboxylic acids is 1. The summed E-state index contributed by atoms with van der Waals surface area (Å²) in [6.07, 6.45) is 9.72. The first-order chi connectivity index (χ1) is 14.7. The Bertz CT molecular complexity index is 950. The molecule has 0 bridgehead atoms. The predicted octanol–water partition coefficient (Wildman–Crippen LogP) is 6.41. The van der Waals surface area contributed by atoms with Crippen LogP contribution in [0.2, 0.25) is 5.02 Å². The number of hydrogen-bond donors (Lipinski definition) is 1. The molecule has 3 rings (SSSR count). The van der Waals surface area contributed by atoms with Crippen LogP contribution < -0.4 is 5.32 Å². The number of carbonyl (C=O) groups is 1. The summed E-state index contributed by atoms with van der Waals surface area (Å²) in [7, 11) is 0. The molecule has 0 aliphatic rings. The zero-order valence-corrected chi connectivity index (χ0v) is 18.6. The molecule has 0 aliphatic carbocycles. The van der Waals surface area contributed by atoms with Gasteiger partial charge in [-0.15, -0.1) is 0 Å². The fourth-order valence-corrected chi connectivity index (χ4v) is 4.04. The number of amides is 1. The number of aromatic nitrogens is 2. The monoisotopic (exact) mass is 425 g/mol. The average Bonchev–Trinajstić information content (AvgIpc) is 3.11. The molecule has 1 aromatic heterocycles. The van der Waals surface area contributed by atoms with Crippen molar-refractivity contribution in [2.75, 3.05) is 6.54 Å². The van der Waals surface area contributed by atoms with E-state index in [4.69, 9.17) is 16.6 Å². The van der Waals surface area contributed by atoms with Crippen LogP contribution >= 0.6 is 11.6 Å². The fourth-order valence-electron chi connectivity index (χ4n) is 3.82. The van der Waals surface area contributed by atoms with Gasteiger partial charge >= 0.3 is 0 Å². The SMILES string of the molecule is CCCCCCCCCn1c(CCNC(=O)c2ccccc2Cl)nc2ccccc21. The standard InChI is InChI=1S/C25H32ClN3O/c1-2-3-4-5-6-7-12-19-29-23-16-11-10-15-22(23)28-24(29)17-18-27-25(30)20-13-8-9-14-21(20)26/h8-11,13-16H,2-7,12,17-19H2,1H3,(H,27,30). The maximum atomic E-state index is 12.4. The van der Waals surface area contributed by atoms with Crippen LogP contribution in [0.4, 0.5) is 0 Å². The van der Waals surface area contributed by atoms with Gasteiger partial charge in [0.05, 0.1) is 21.6 Å². The van der Waals surface area contributed by atoms with Gasteiger partial charge in [-0.05, 0) is 30.7 Å². The minimum Gasteiger partial charge on any atom is -0.352 e. The highest BCUT2D eigenvalue weighted by molar-refractivity contribution is 6.33. The first-order valence-corrected chi connectivity index (χ1v) is 11.6. The molecular formula is C25H32ClN3O. The number of nitrogens with one attached hydrogen (secondary N) is 1. The van der Waals surface area contributed by atoms with Gasteiger partial charge in [0, 0.05) is 19.5 Å². The summed E-state index contributed by atoms with van der Waals surface area (Å²) < 4.78 is 2.32. The molecule has 1 amide bonds. The van der Waals surface area contributed by atoms with E-state index < -0.39 is 0 Å². The number of imidazole rings is 1. The molecule has 5 heteroatoms. The number of benzene rings is 2. The van der Waals surface area contributed by atoms with E-state index in [1.165, 1.54) is 44.0 Å². The van der Waals surface area contributed by atoms with Gasteiger partial charge in [-0.2, -0.15) is 0 Å². The lowest BCUT2D eigenvalue weighted by Gasteiger charge is -2.10. The van der Waals surface area contributed by atoms with Crippen LogP contribution in [0.3, 0.4) is 0 Å². The zero-order valence-electron chi connectivity index (χ0n) is 17.9. The molecule has 1 heterocycles. The normalized spacial score (nSPS) is 11.1. The van der Waals surface area contributed by atoms with Crippen molar-refractivity contribution >= 4 is 28.5 Å². The summed E-state index contributed by atoms with van der Waals surface area (Å²) in [5.41, 5.74) is 2.71. The maximum Gasteiger partial charge on any atom is 0.252 e. The first kappa shape index (κ1) is 22.4. The number of para-hydroxylation sites is 2. The van der Waals surface area contributed by atoms with Gasteiger partial charge < -0.3 is 9.88 Å². The Kier molecular flexibility index (Phi) is 8.76. The van der Waals surface area contributed by atoms with Gasteiger partial charge in [-0.25, -0.2) is 4.98 Å². The highest BCUT2D eigenvalue weighted by Gasteiger charge is 2.12. The summed E-state index contributed by atoms with van der Waals surface area (Å²) in [4.78, 5) is 17.2. The number of halogens is 1. The summed E-state index contributed by atoms with van der Waals surface area (Å²) in [6, 6.07) is 15.4. The molecule has 0 spiro atoms. The number of nitrogens with zero attached hydrogens (tertiary/aromatic N) is 2. The van der Waals surface area contributed by atoms with Crippen molar-refractivity contribution in [1.29, 1.82) is 0 Å². The maximum absolute atomic E-state index is 12.4. The van der Waals surface area contributed by atoms with Crippen molar-refractivity contribution in [3.8, 4) is 0 Å². The lowest BCUT2D eigenvalue weighted by atomic mass is 10.1. The summed E-state index contributed by atoms with van der Waals surface area (Å²) in [5, 5.41) is 3.45. The van der Waals surface area contributed by atoms with Crippen molar-refractivity contribution in [3.05, 3.63) is 64.9 Å². The quantitative estimate of drug-likeness (QED) is 0.340. The molecule has 0 saturated carbocycles. The third-order valence-electron chi connectivity index (χ3n) is 5.47. The molecule has 3 aromatic rings. The smallest absolute Gasteiger partial charge is 0.252 e. The van der Waals surface area contributed by atoms with Gasteiger partial charge in [-0.3, -0.25) is 4.79 Å².